The molecule has 0 atom stereocenters. The topological polar surface area (TPSA) is 37.8 Å². The van der Waals surface area contributed by atoms with Crippen LogP contribution in [-0.2, 0) is 13.0 Å². The van der Waals surface area contributed by atoms with Gasteiger partial charge in [-0.15, -0.1) is 0 Å². The maximum absolute atomic E-state index is 4.42. The van der Waals surface area contributed by atoms with E-state index >= 15 is 0 Å². The van der Waals surface area contributed by atoms with Crippen LogP contribution in [0, 0.1) is 6.92 Å². The van der Waals surface area contributed by atoms with E-state index in [1.807, 2.05) is 13.0 Å². The van der Waals surface area contributed by atoms with Gasteiger partial charge in [-0.1, -0.05) is 13.8 Å². The van der Waals surface area contributed by atoms with Crippen LogP contribution in [0.5, 0.6) is 0 Å². The van der Waals surface area contributed by atoms with Gasteiger partial charge in [-0.05, 0) is 19.5 Å². The minimum absolute atomic E-state index is 0.840. The smallest absolute Gasteiger partial charge is 0.128 e. The number of aryl methyl sites for hydroxylation is 2. The lowest BCUT2D eigenvalue weighted by molar-refractivity contribution is 0.699. The normalized spacial score (nSPS) is 10.4. The highest BCUT2D eigenvalue weighted by Gasteiger charge is 1.99. The molecule has 1 aromatic rings. The SMILES string of the molecule is CCNCc1cc(C)nc(CC)n1. The van der Waals surface area contributed by atoms with Crippen molar-refractivity contribution in [2.45, 2.75) is 33.7 Å². The van der Waals surface area contributed by atoms with Gasteiger partial charge in [-0.3, -0.25) is 0 Å². The van der Waals surface area contributed by atoms with Crippen molar-refractivity contribution >= 4 is 0 Å². The molecule has 0 amide bonds. The highest BCUT2D eigenvalue weighted by atomic mass is 14.9. The Hall–Kier alpha value is -0.960. The standard InChI is InChI=1S/C10H17N3/c1-4-10-12-8(3)6-9(13-10)7-11-5-2/h6,11H,4-5,7H2,1-3H3. The number of nitrogens with one attached hydrogen (secondary N) is 1. The van der Waals surface area contributed by atoms with Crippen molar-refractivity contribution in [3.05, 3.63) is 23.3 Å². The third-order valence-electron chi connectivity index (χ3n) is 1.83. The summed E-state index contributed by atoms with van der Waals surface area (Å²) in [5.74, 6) is 0.938. The van der Waals surface area contributed by atoms with Gasteiger partial charge < -0.3 is 5.32 Å². The Bertz CT molecular complexity index is 271. The summed E-state index contributed by atoms with van der Waals surface area (Å²) in [7, 11) is 0. The van der Waals surface area contributed by atoms with Gasteiger partial charge in [-0.25, -0.2) is 9.97 Å². The second-order valence-corrected chi connectivity index (χ2v) is 3.05. The maximum Gasteiger partial charge on any atom is 0.128 e. The van der Waals surface area contributed by atoms with Crippen LogP contribution < -0.4 is 5.32 Å². The van der Waals surface area contributed by atoms with Crippen molar-refractivity contribution in [1.29, 1.82) is 0 Å². The van der Waals surface area contributed by atoms with Gasteiger partial charge in [0.2, 0.25) is 0 Å². The van der Waals surface area contributed by atoms with Gasteiger partial charge in [0.05, 0.1) is 5.69 Å². The summed E-state index contributed by atoms with van der Waals surface area (Å²) >= 11 is 0. The Balaban J connectivity index is 2.76. The Labute approximate surface area is 79.6 Å². The van der Waals surface area contributed by atoms with E-state index < -0.39 is 0 Å². The summed E-state index contributed by atoms with van der Waals surface area (Å²) in [6, 6.07) is 2.03. The van der Waals surface area contributed by atoms with Crippen LogP contribution in [0.3, 0.4) is 0 Å². The number of nitrogens with zero attached hydrogens (tertiary/aromatic N) is 2. The average molecular weight is 179 g/mol. The van der Waals surface area contributed by atoms with Crippen molar-refractivity contribution < 1.29 is 0 Å². The predicted molar refractivity (Wildman–Crippen MR) is 53.5 cm³/mol. The fourth-order valence-electron chi connectivity index (χ4n) is 1.20. The van der Waals surface area contributed by atoms with Gasteiger partial charge >= 0.3 is 0 Å². The second kappa shape index (κ2) is 4.92. The first kappa shape index (κ1) is 10.1. The summed E-state index contributed by atoms with van der Waals surface area (Å²) in [6.07, 6.45) is 0.904. The summed E-state index contributed by atoms with van der Waals surface area (Å²) < 4.78 is 0. The van der Waals surface area contributed by atoms with Crippen molar-refractivity contribution in [2.75, 3.05) is 6.54 Å². The average Bonchev–Trinajstić information content (AvgIpc) is 2.14. The fourth-order valence-corrected chi connectivity index (χ4v) is 1.20. The van der Waals surface area contributed by atoms with E-state index in [0.29, 0.717) is 0 Å². The lowest BCUT2D eigenvalue weighted by Gasteiger charge is -2.04. The molecule has 0 bridgehead atoms. The van der Waals surface area contributed by atoms with Gasteiger partial charge in [0.15, 0.2) is 0 Å². The summed E-state index contributed by atoms with van der Waals surface area (Å²) in [4.78, 5) is 8.74. The summed E-state index contributed by atoms with van der Waals surface area (Å²) in [6.45, 7) is 7.99. The van der Waals surface area contributed by atoms with Crippen molar-refractivity contribution in [3.8, 4) is 0 Å². The Kier molecular flexibility index (Phi) is 3.83. The second-order valence-electron chi connectivity index (χ2n) is 3.05. The predicted octanol–water partition coefficient (Wildman–Crippen LogP) is 1.46. The molecule has 1 rings (SSSR count). The molecule has 72 valence electrons. The quantitative estimate of drug-likeness (QED) is 0.760. The lowest BCUT2D eigenvalue weighted by atomic mass is 10.3. The maximum atomic E-state index is 4.42. The molecule has 1 heterocycles. The Morgan fingerprint density at radius 2 is 2.08 bits per heavy atom. The highest BCUT2D eigenvalue weighted by molar-refractivity contribution is 5.09. The fraction of sp³-hybridized carbons (Fsp3) is 0.600. The molecule has 0 unspecified atom stereocenters. The molecule has 1 N–H and O–H groups in total. The number of rotatable bonds is 4. The third-order valence-corrected chi connectivity index (χ3v) is 1.83. The Morgan fingerprint density at radius 3 is 2.69 bits per heavy atom. The molecule has 0 aliphatic heterocycles. The molecule has 0 saturated heterocycles. The zero-order valence-corrected chi connectivity index (χ0v) is 8.59. The molecule has 3 nitrogen and oxygen atoms in total. The molecule has 0 aliphatic rings. The van der Waals surface area contributed by atoms with Gasteiger partial charge in [-0.2, -0.15) is 0 Å². The first-order valence-corrected chi connectivity index (χ1v) is 4.80. The van der Waals surface area contributed by atoms with Gasteiger partial charge in [0, 0.05) is 18.7 Å². The van der Waals surface area contributed by atoms with Gasteiger partial charge in [0.25, 0.3) is 0 Å². The summed E-state index contributed by atoms with van der Waals surface area (Å²) in [5, 5.41) is 3.25. The molecule has 0 fully saturated rings. The minimum atomic E-state index is 0.840. The van der Waals surface area contributed by atoms with Crippen LogP contribution in [0.25, 0.3) is 0 Å². The highest BCUT2D eigenvalue weighted by Crippen LogP contribution is 2.00. The summed E-state index contributed by atoms with van der Waals surface area (Å²) in [5.41, 5.74) is 2.14. The molecule has 0 aliphatic carbocycles. The molecular formula is C10H17N3. The zero-order chi connectivity index (χ0) is 9.68. The minimum Gasteiger partial charge on any atom is -0.311 e. The number of hydrogen-bond donors (Lipinski definition) is 1. The molecule has 0 radical (unpaired) electrons. The molecule has 3 heteroatoms. The molecule has 0 spiro atoms. The first-order valence-electron chi connectivity index (χ1n) is 4.80. The number of aromatic nitrogens is 2. The molecule has 13 heavy (non-hydrogen) atoms. The van der Waals surface area contributed by atoms with E-state index in [1.165, 1.54) is 0 Å². The van der Waals surface area contributed by atoms with E-state index in [2.05, 4.69) is 29.1 Å². The van der Waals surface area contributed by atoms with Crippen molar-refractivity contribution in [3.63, 3.8) is 0 Å². The van der Waals surface area contributed by atoms with Crippen LogP contribution in [-0.4, -0.2) is 16.5 Å². The van der Waals surface area contributed by atoms with Gasteiger partial charge in [0.1, 0.15) is 5.82 Å². The first-order chi connectivity index (χ1) is 6.26. The van der Waals surface area contributed by atoms with E-state index in [-0.39, 0.29) is 0 Å². The molecular weight excluding hydrogens is 162 g/mol. The third kappa shape index (κ3) is 3.11. The zero-order valence-electron chi connectivity index (χ0n) is 8.59. The lowest BCUT2D eigenvalue weighted by Crippen LogP contribution is -2.14. The number of hydrogen-bond acceptors (Lipinski definition) is 3. The van der Waals surface area contributed by atoms with E-state index in [1.54, 1.807) is 0 Å². The van der Waals surface area contributed by atoms with Crippen LogP contribution in [0.1, 0.15) is 31.1 Å². The molecule has 0 aromatic carbocycles. The Morgan fingerprint density at radius 1 is 1.31 bits per heavy atom. The monoisotopic (exact) mass is 179 g/mol. The molecule has 0 saturated carbocycles. The van der Waals surface area contributed by atoms with Crippen LogP contribution >= 0.6 is 0 Å². The van der Waals surface area contributed by atoms with Crippen molar-refractivity contribution in [1.82, 2.24) is 15.3 Å². The van der Waals surface area contributed by atoms with E-state index in [9.17, 15) is 0 Å². The largest absolute Gasteiger partial charge is 0.311 e. The van der Waals surface area contributed by atoms with E-state index in [4.69, 9.17) is 0 Å². The molecule has 1 aromatic heterocycles. The van der Waals surface area contributed by atoms with Crippen LogP contribution in [0.4, 0.5) is 0 Å². The van der Waals surface area contributed by atoms with Crippen molar-refractivity contribution in [2.24, 2.45) is 0 Å². The van der Waals surface area contributed by atoms with E-state index in [0.717, 1.165) is 36.7 Å². The van der Waals surface area contributed by atoms with Crippen LogP contribution in [0.15, 0.2) is 6.07 Å². The van der Waals surface area contributed by atoms with Crippen LogP contribution in [0.2, 0.25) is 0 Å².